The Hall–Kier alpha value is -3.14. The summed E-state index contributed by atoms with van der Waals surface area (Å²) >= 11 is 5.78. The molecule has 3 rings (SSSR count). The van der Waals surface area contributed by atoms with Crippen LogP contribution in [0.15, 0.2) is 23.3 Å². The van der Waals surface area contributed by atoms with E-state index in [4.69, 9.17) is 22.4 Å². The minimum Gasteiger partial charge on any atom is -0.477 e. The third-order valence-corrected chi connectivity index (χ3v) is 3.67. The first-order chi connectivity index (χ1) is 11.7. The zero-order chi connectivity index (χ0) is 18.5. The zero-order valence-electron chi connectivity index (χ0n) is 11.9. The molecule has 0 aliphatic carbocycles. The van der Waals surface area contributed by atoms with Gasteiger partial charge in [-0.15, -0.1) is 0 Å². The number of pyridine rings is 1. The molecule has 128 valence electrons. The Morgan fingerprint density at radius 3 is 2.56 bits per heavy atom. The largest absolute Gasteiger partial charge is 0.477 e. The molecule has 7 nitrogen and oxygen atoms in total. The minimum absolute atomic E-state index is 0.387. The average Bonchev–Trinajstić information content (AvgIpc) is 2.56. The summed E-state index contributed by atoms with van der Waals surface area (Å²) in [4.78, 5) is 30.7. The first kappa shape index (κ1) is 16.7. The predicted octanol–water partition coefficient (Wildman–Crippen LogP) is 2.13. The molecule has 0 radical (unpaired) electrons. The highest BCUT2D eigenvalue weighted by Crippen LogP contribution is 2.29. The third-order valence-electron chi connectivity index (χ3n) is 3.33. The lowest BCUT2D eigenvalue weighted by Crippen LogP contribution is -2.20. The van der Waals surface area contributed by atoms with Crippen LogP contribution in [0.2, 0.25) is 5.02 Å². The van der Waals surface area contributed by atoms with E-state index in [9.17, 15) is 22.8 Å². The van der Waals surface area contributed by atoms with Gasteiger partial charge in [0.25, 0.3) is 0 Å². The maximum Gasteiger partial charge on any atom is 0.341 e. The number of carboxylic acids is 1. The predicted molar refractivity (Wildman–Crippen MR) is 81.4 cm³/mol. The van der Waals surface area contributed by atoms with Crippen LogP contribution in [0.1, 0.15) is 10.4 Å². The number of aromatic carboxylic acids is 1. The molecule has 2 aromatic heterocycles. The second-order valence-electron chi connectivity index (χ2n) is 4.83. The van der Waals surface area contributed by atoms with Crippen molar-refractivity contribution in [1.82, 2.24) is 14.5 Å². The number of halogens is 4. The molecule has 0 saturated heterocycles. The fourth-order valence-corrected chi connectivity index (χ4v) is 2.47. The standard InChI is InChI=1S/C14H6ClF3N4O3/c15-8-9(18)6(16)1-4-10(8)22(3-5(11(4)23)13(24)25)14-20-2-7(17)12(19)21-14/h1-3H,(H,24,25)(H2,19,20,21). The molecule has 0 aliphatic heterocycles. The SMILES string of the molecule is Nc1nc(-n2cc(C(=O)O)c(=O)c3cc(F)c(F)c(Cl)c32)ncc1F. The number of nitrogens with zero attached hydrogens (tertiary/aromatic N) is 3. The van der Waals surface area contributed by atoms with Gasteiger partial charge in [-0.3, -0.25) is 9.36 Å². The van der Waals surface area contributed by atoms with E-state index < -0.39 is 50.6 Å². The van der Waals surface area contributed by atoms with Gasteiger partial charge in [0.05, 0.1) is 17.1 Å². The fraction of sp³-hybridized carbons (Fsp3) is 0. The van der Waals surface area contributed by atoms with Crippen molar-refractivity contribution in [2.45, 2.75) is 0 Å². The van der Waals surface area contributed by atoms with Crippen LogP contribution >= 0.6 is 11.6 Å². The van der Waals surface area contributed by atoms with E-state index in [0.29, 0.717) is 12.3 Å². The van der Waals surface area contributed by atoms with Crippen molar-refractivity contribution in [2.24, 2.45) is 0 Å². The Morgan fingerprint density at radius 1 is 1.28 bits per heavy atom. The molecule has 0 bridgehead atoms. The van der Waals surface area contributed by atoms with Gasteiger partial charge in [-0.25, -0.2) is 22.9 Å². The van der Waals surface area contributed by atoms with Gasteiger partial charge in [0.1, 0.15) is 10.6 Å². The Bertz CT molecular complexity index is 1120. The maximum atomic E-state index is 13.8. The number of fused-ring (bicyclic) bond motifs is 1. The number of carbonyl (C=O) groups is 1. The summed E-state index contributed by atoms with van der Waals surface area (Å²) in [6.07, 6.45) is 1.46. The number of rotatable bonds is 2. The van der Waals surface area contributed by atoms with Crippen LogP contribution < -0.4 is 11.2 Å². The summed E-state index contributed by atoms with van der Waals surface area (Å²) in [7, 11) is 0. The molecule has 0 atom stereocenters. The molecule has 1 aromatic carbocycles. The number of anilines is 1. The summed E-state index contributed by atoms with van der Waals surface area (Å²) < 4.78 is 41.5. The zero-order valence-corrected chi connectivity index (χ0v) is 12.7. The number of hydrogen-bond donors (Lipinski definition) is 2. The van der Waals surface area contributed by atoms with Crippen molar-refractivity contribution in [2.75, 3.05) is 5.73 Å². The third kappa shape index (κ3) is 2.56. The number of nitrogens with two attached hydrogens (primary N) is 1. The molecule has 3 aromatic rings. The van der Waals surface area contributed by atoms with Crippen LogP contribution in [-0.2, 0) is 0 Å². The first-order valence-electron chi connectivity index (χ1n) is 6.47. The molecular formula is C14H6ClF3N4O3. The number of hydrogen-bond acceptors (Lipinski definition) is 5. The summed E-state index contributed by atoms with van der Waals surface area (Å²) in [5, 5.41) is 7.83. The quantitative estimate of drug-likeness (QED) is 0.668. The van der Waals surface area contributed by atoms with Crippen molar-refractivity contribution in [3.05, 3.63) is 56.7 Å². The molecule has 0 spiro atoms. The molecule has 25 heavy (non-hydrogen) atoms. The van der Waals surface area contributed by atoms with Gasteiger partial charge >= 0.3 is 5.97 Å². The number of carboxylic acid groups (broad SMARTS) is 1. The van der Waals surface area contributed by atoms with E-state index in [1.165, 1.54) is 0 Å². The normalized spacial score (nSPS) is 11.0. The molecule has 0 unspecified atom stereocenters. The summed E-state index contributed by atoms with van der Waals surface area (Å²) in [6.45, 7) is 0. The van der Waals surface area contributed by atoms with E-state index >= 15 is 0 Å². The van der Waals surface area contributed by atoms with Gasteiger partial charge in [0.15, 0.2) is 23.3 Å². The molecule has 0 saturated carbocycles. The second kappa shape index (κ2) is 5.74. The van der Waals surface area contributed by atoms with E-state index in [-0.39, 0.29) is 11.5 Å². The smallest absolute Gasteiger partial charge is 0.341 e. The van der Waals surface area contributed by atoms with E-state index in [0.717, 1.165) is 10.8 Å². The van der Waals surface area contributed by atoms with E-state index in [1.807, 2.05) is 0 Å². The molecular weight excluding hydrogens is 365 g/mol. The lowest BCUT2D eigenvalue weighted by molar-refractivity contribution is 0.0695. The molecule has 0 amide bonds. The van der Waals surface area contributed by atoms with Crippen LogP contribution in [0.4, 0.5) is 19.0 Å². The molecule has 3 N–H and O–H groups in total. The Balaban J connectivity index is 2.54. The van der Waals surface area contributed by atoms with Crippen molar-refractivity contribution < 1.29 is 23.1 Å². The maximum absolute atomic E-state index is 13.8. The van der Waals surface area contributed by atoms with Crippen molar-refractivity contribution in [1.29, 1.82) is 0 Å². The Kier molecular flexibility index (Phi) is 3.84. The topological polar surface area (TPSA) is 111 Å². The summed E-state index contributed by atoms with van der Waals surface area (Å²) in [5.41, 5.74) is 3.08. The van der Waals surface area contributed by atoms with E-state index in [2.05, 4.69) is 9.97 Å². The average molecular weight is 371 g/mol. The monoisotopic (exact) mass is 370 g/mol. The van der Waals surface area contributed by atoms with Crippen LogP contribution in [0.3, 0.4) is 0 Å². The number of nitrogen functional groups attached to an aromatic ring is 1. The lowest BCUT2D eigenvalue weighted by Gasteiger charge is -2.13. The van der Waals surface area contributed by atoms with Gasteiger partial charge in [-0.2, -0.15) is 4.98 Å². The molecule has 0 aliphatic rings. The van der Waals surface area contributed by atoms with Crippen molar-refractivity contribution >= 4 is 34.3 Å². The Labute approximate surface area is 141 Å². The Morgan fingerprint density at radius 2 is 1.96 bits per heavy atom. The second-order valence-corrected chi connectivity index (χ2v) is 5.21. The van der Waals surface area contributed by atoms with Crippen LogP contribution in [0.5, 0.6) is 0 Å². The highest BCUT2D eigenvalue weighted by atomic mass is 35.5. The fourth-order valence-electron chi connectivity index (χ4n) is 2.19. The van der Waals surface area contributed by atoms with Gasteiger partial charge < -0.3 is 10.8 Å². The van der Waals surface area contributed by atoms with E-state index in [1.54, 1.807) is 0 Å². The summed E-state index contributed by atoms with van der Waals surface area (Å²) in [6, 6.07) is 0.509. The van der Waals surface area contributed by atoms with Crippen molar-refractivity contribution in [3.8, 4) is 5.95 Å². The van der Waals surface area contributed by atoms with Crippen LogP contribution in [0, 0.1) is 17.5 Å². The first-order valence-corrected chi connectivity index (χ1v) is 6.84. The van der Waals surface area contributed by atoms with Crippen LogP contribution in [0.25, 0.3) is 16.9 Å². The van der Waals surface area contributed by atoms with Crippen molar-refractivity contribution in [3.63, 3.8) is 0 Å². The highest BCUT2D eigenvalue weighted by Gasteiger charge is 2.22. The highest BCUT2D eigenvalue weighted by molar-refractivity contribution is 6.35. The number of aromatic nitrogens is 3. The molecule has 11 heteroatoms. The van der Waals surface area contributed by atoms with Crippen LogP contribution in [-0.4, -0.2) is 25.6 Å². The molecule has 0 fully saturated rings. The minimum atomic E-state index is -1.63. The van der Waals surface area contributed by atoms with Gasteiger partial charge in [0.2, 0.25) is 11.4 Å². The van der Waals surface area contributed by atoms with Gasteiger partial charge in [0, 0.05) is 6.20 Å². The summed E-state index contributed by atoms with van der Waals surface area (Å²) in [5.74, 6) is -6.44. The number of benzene rings is 1. The molecule has 2 heterocycles. The lowest BCUT2D eigenvalue weighted by atomic mass is 10.1. The van der Waals surface area contributed by atoms with Gasteiger partial charge in [-0.05, 0) is 6.07 Å². The van der Waals surface area contributed by atoms with Gasteiger partial charge in [-0.1, -0.05) is 11.6 Å².